The van der Waals surface area contributed by atoms with Crippen LogP contribution in [0.5, 0.6) is 0 Å². The Bertz CT molecular complexity index is 428. The lowest BCUT2D eigenvalue weighted by molar-refractivity contribution is 0.252. The fourth-order valence-electron chi connectivity index (χ4n) is 2.41. The quantitative estimate of drug-likeness (QED) is 0.852. The molecule has 0 amide bonds. The minimum absolute atomic E-state index is 0.0564. The normalized spacial score (nSPS) is 23.9. The van der Waals surface area contributed by atoms with Gasteiger partial charge in [-0.25, -0.2) is 0 Å². The van der Waals surface area contributed by atoms with Crippen molar-refractivity contribution in [3.63, 3.8) is 0 Å². The van der Waals surface area contributed by atoms with Crippen molar-refractivity contribution in [2.24, 2.45) is 0 Å². The van der Waals surface area contributed by atoms with E-state index in [1.807, 2.05) is 18.2 Å². The molecule has 1 aliphatic rings. The van der Waals surface area contributed by atoms with Crippen LogP contribution in [0.4, 0.5) is 14.5 Å². The number of rotatable bonds is 4. The van der Waals surface area contributed by atoms with Gasteiger partial charge in [0.05, 0.1) is 5.69 Å². The summed E-state index contributed by atoms with van der Waals surface area (Å²) in [6.45, 7) is 6.93. The average molecular weight is 286 g/mol. The van der Waals surface area contributed by atoms with Crippen molar-refractivity contribution in [3.8, 4) is 0 Å². The SMILES string of the molecule is CCC1(C)CN(c2ccccc2SC(F)F)CCN1. The van der Waals surface area contributed by atoms with Crippen LogP contribution in [0.2, 0.25) is 0 Å². The molecule has 1 unspecified atom stereocenters. The maximum absolute atomic E-state index is 12.6. The van der Waals surface area contributed by atoms with Crippen LogP contribution in [0, 0.1) is 0 Å². The first kappa shape index (κ1) is 14.6. The Balaban J connectivity index is 2.21. The third-order valence-electron chi connectivity index (χ3n) is 3.68. The topological polar surface area (TPSA) is 15.3 Å². The summed E-state index contributed by atoms with van der Waals surface area (Å²) in [5.74, 6) is -2.37. The Morgan fingerprint density at radius 3 is 2.84 bits per heavy atom. The van der Waals surface area contributed by atoms with E-state index in [9.17, 15) is 8.78 Å². The third kappa shape index (κ3) is 3.60. The van der Waals surface area contributed by atoms with E-state index in [1.54, 1.807) is 6.07 Å². The summed E-state index contributed by atoms with van der Waals surface area (Å²) in [4.78, 5) is 2.88. The van der Waals surface area contributed by atoms with Gasteiger partial charge in [-0.2, -0.15) is 8.78 Å². The van der Waals surface area contributed by atoms with Crippen LogP contribution >= 0.6 is 11.8 Å². The lowest BCUT2D eigenvalue weighted by Crippen LogP contribution is -2.58. The van der Waals surface area contributed by atoms with Gasteiger partial charge in [0, 0.05) is 30.1 Å². The molecule has 1 saturated heterocycles. The van der Waals surface area contributed by atoms with Crippen molar-refractivity contribution in [1.29, 1.82) is 0 Å². The van der Waals surface area contributed by atoms with E-state index in [1.165, 1.54) is 0 Å². The highest BCUT2D eigenvalue weighted by atomic mass is 32.2. The highest BCUT2D eigenvalue weighted by Crippen LogP contribution is 2.35. The van der Waals surface area contributed by atoms with Crippen molar-refractivity contribution >= 4 is 17.4 Å². The molecule has 5 heteroatoms. The number of alkyl halides is 2. The van der Waals surface area contributed by atoms with Crippen LogP contribution in [0.1, 0.15) is 20.3 Å². The molecule has 2 nitrogen and oxygen atoms in total. The molecule has 2 rings (SSSR count). The van der Waals surface area contributed by atoms with Crippen molar-refractivity contribution in [2.75, 3.05) is 24.5 Å². The standard InChI is InChI=1S/C14H20F2N2S/c1-3-14(2)10-18(9-8-17-14)11-6-4-5-7-12(11)19-13(15)16/h4-7,13,17H,3,8-10H2,1-2H3. The number of benzene rings is 1. The predicted octanol–water partition coefficient (Wildman–Crippen LogP) is 3.58. The second-order valence-electron chi connectivity index (χ2n) is 5.11. The molecule has 0 radical (unpaired) electrons. The second kappa shape index (κ2) is 6.09. The molecule has 1 N–H and O–H groups in total. The summed E-state index contributed by atoms with van der Waals surface area (Å²) in [6, 6.07) is 7.44. The molecule has 106 valence electrons. The number of hydrogen-bond acceptors (Lipinski definition) is 3. The maximum atomic E-state index is 12.6. The number of nitrogens with one attached hydrogen (secondary N) is 1. The number of hydrogen-bond donors (Lipinski definition) is 1. The number of thioether (sulfide) groups is 1. The van der Waals surface area contributed by atoms with Crippen LogP contribution in [0.3, 0.4) is 0 Å². The lowest BCUT2D eigenvalue weighted by atomic mass is 9.95. The molecule has 1 fully saturated rings. The molecule has 1 aliphatic heterocycles. The molecular formula is C14H20F2N2S. The zero-order chi connectivity index (χ0) is 13.9. The van der Waals surface area contributed by atoms with Gasteiger partial charge in [0.2, 0.25) is 0 Å². The van der Waals surface area contributed by atoms with E-state index < -0.39 is 5.76 Å². The molecule has 0 bridgehead atoms. The Kier molecular flexibility index (Phi) is 4.68. The van der Waals surface area contributed by atoms with Crippen LogP contribution in [0.25, 0.3) is 0 Å². The molecule has 0 aromatic heterocycles. The Morgan fingerprint density at radius 2 is 2.16 bits per heavy atom. The number of para-hydroxylation sites is 1. The number of halogens is 2. The van der Waals surface area contributed by atoms with Gasteiger partial charge in [-0.15, -0.1) is 0 Å². The van der Waals surface area contributed by atoms with Crippen LogP contribution in [-0.2, 0) is 0 Å². The highest BCUT2D eigenvalue weighted by Gasteiger charge is 2.29. The minimum atomic E-state index is -2.37. The maximum Gasteiger partial charge on any atom is 0.288 e. The summed E-state index contributed by atoms with van der Waals surface area (Å²) in [7, 11) is 0. The minimum Gasteiger partial charge on any atom is -0.368 e. The van der Waals surface area contributed by atoms with Crippen LogP contribution in [-0.4, -0.2) is 30.9 Å². The number of anilines is 1. The fourth-order valence-corrected chi connectivity index (χ4v) is 3.07. The molecule has 0 spiro atoms. The van der Waals surface area contributed by atoms with Crippen LogP contribution < -0.4 is 10.2 Å². The van der Waals surface area contributed by atoms with Gasteiger partial charge in [-0.05, 0) is 25.5 Å². The smallest absolute Gasteiger partial charge is 0.288 e. The van der Waals surface area contributed by atoms with Crippen molar-refractivity contribution in [1.82, 2.24) is 5.32 Å². The van der Waals surface area contributed by atoms with E-state index in [2.05, 4.69) is 24.1 Å². The molecule has 1 aromatic carbocycles. The molecule has 0 saturated carbocycles. The van der Waals surface area contributed by atoms with Crippen LogP contribution in [0.15, 0.2) is 29.2 Å². The molecule has 1 atom stereocenters. The van der Waals surface area contributed by atoms with E-state index >= 15 is 0 Å². The van der Waals surface area contributed by atoms with Gasteiger partial charge in [0.15, 0.2) is 0 Å². The monoisotopic (exact) mass is 286 g/mol. The lowest BCUT2D eigenvalue weighted by Gasteiger charge is -2.42. The second-order valence-corrected chi connectivity index (χ2v) is 6.14. The zero-order valence-corrected chi connectivity index (χ0v) is 12.1. The van der Waals surface area contributed by atoms with Gasteiger partial charge >= 0.3 is 0 Å². The van der Waals surface area contributed by atoms with E-state index in [-0.39, 0.29) is 5.54 Å². The molecule has 0 aliphatic carbocycles. The van der Waals surface area contributed by atoms with Crippen molar-refractivity contribution in [3.05, 3.63) is 24.3 Å². The molecule has 1 aromatic rings. The Labute approximate surface area is 117 Å². The first-order valence-corrected chi connectivity index (χ1v) is 7.46. The first-order chi connectivity index (χ1) is 9.04. The summed E-state index contributed by atoms with van der Waals surface area (Å²) in [5, 5.41) is 3.51. The van der Waals surface area contributed by atoms with Gasteiger partial charge < -0.3 is 10.2 Å². The summed E-state index contributed by atoms with van der Waals surface area (Å²) < 4.78 is 25.2. The summed E-state index contributed by atoms with van der Waals surface area (Å²) in [5.41, 5.74) is 0.981. The first-order valence-electron chi connectivity index (χ1n) is 6.58. The van der Waals surface area contributed by atoms with Crippen molar-refractivity contribution in [2.45, 2.75) is 36.5 Å². The summed E-state index contributed by atoms with van der Waals surface area (Å²) >= 11 is 0.631. The Morgan fingerprint density at radius 1 is 1.42 bits per heavy atom. The van der Waals surface area contributed by atoms with Gasteiger partial charge in [-0.1, -0.05) is 30.8 Å². The summed E-state index contributed by atoms with van der Waals surface area (Å²) in [6.07, 6.45) is 1.02. The highest BCUT2D eigenvalue weighted by molar-refractivity contribution is 7.99. The van der Waals surface area contributed by atoms with E-state index in [0.29, 0.717) is 16.7 Å². The zero-order valence-electron chi connectivity index (χ0n) is 11.3. The van der Waals surface area contributed by atoms with Gasteiger partial charge in [0.25, 0.3) is 5.76 Å². The van der Waals surface area contributed by atoms with Crippen molar-refractivity contribution < 1.29 is 8.78 Å². The van der Waals surface area contributed by atoms with E-state index in [0.717, 1.165) is 31.7 Å². The Hall–Kier alpha value is -0.810. The largest absolute Gasteiger partial charge is 0.368 e. The molecule has 19 heavy (non-hydrogen) atoms. The number of nitrogens with zero attached hydrogens (tertiary/aromatic N) is 1. The molecule has 1 heterocycles. The number of piperazine rings is 1. The predicted molar refractivity (Wildman–Crippen MR) is 77.2 cm³/mol. The van der Waals surface area contributed by atoms with E-state index in [4.69, 9.17) is 0 Å². The third-order valence-corrected chi connectivity index (χ3v) is 4.45. The van der Waals surface area contributed by atoms with Gasteiger partial charge in [-0.3, -0.25) is 0 Å². The fraction of sp³-hybridized carbons (Fsp3) is 0.571. The van der Waals surface area contributed by atoms with Gasteiger partial charge in [0.1, 0.15) is 0 Å². The average Bonchev–Trinajstić information content (AvgIpc) is 2.39. The molecular weight excluding hydrogens is 266 g/mol.